The van der Waals surface area contributed by atoms with Gasteiger partial charge in [0.05, 0.1) is 5.92 Å². The van der Waals surface area contributed by atoms with E-state index in [0.29, 0.717) is 23.8 Å². The van der Waals surface area contributed by atoms with Crippen LogP contribution in [-0.2, 0) is 7.05 Å². The third kappa shape index (κ3) is 1.49. The van der Waals surface area contributed by atoms with Crippen molar-refractivity contribution in [1.82, 2.24) is 25.2 Å². The first-order valence-corrected chi connectivity index (χ1v) is 6.39. The molecule has 2 aliphatic heterocycles. The van der Waals surface area contributed by atoms with Crippen molar-refractivity contribution in [2.45, 2.75) is 37.3 Å². The van der Waals surface area contributed by atoms with Crippen molar-refractivity contribution < 1.29 is 4.52 Å². The molecule has 94 valence electrons. The monoisotopic (exact) mass is 245 g/mol. The van der Waals surface area contributed by atoms with Crippen LogP contribution in [0.3, 0.4) is 0 Å². The lowest BCUT2D eigenvalue weighted by Gasteiger charge is -2.15. The molecular weight excluding hydrogens is 230 g/mol. The van der Waals surface area contributed by atoms with Gasteiger partial charge < -0.3 is 9.84 Å². The van der Waals surface area contributed by atoms with Gasteiger partial charge in [-0.2, -0.15) is 10.1 Å². The summed E-state index contributed by atoms with van der Waals surface area (Å²) in [5.41, 5.74) is 0.767. The third-order valence-electron chi connectivity index (χ3n) is 4.00. The van der Waals surface area contributed by atoms with E-state index < -0.39 is 0 Å². The minimum absolute atomic E-state index is 0.383. The van der Waals surface area contributed by atoms with Crippen molar-refractivity contribution in [3.63, 3.8) is 0 Å². The van der Waals surface area contributed by atoms with Crippen molar-refractivity contribution >= 4 is 0 Å². The number of fused-ring (bicyclic) bond motifs is 2. The normalized spacial score (nSPS) is 30.2. The fraction of sp³-hybridized carbons (Fsp3) is 0.583. The van der Waals surface area contributed by atoms with Crippen molar-refractivity contribution in [1.29, 1.82) is 0 Å². The van der Waals surface area contributed by atoms with Crippen molar-refractivity contribution in [2.24, 2.45) is 7.05 Å². The van der Waals surface area contributed by atoms with E-state index in [1.165, 1.54) is 12.8 Å². The van der Waals surface area contributed by atoms with E-state index in [-0.39, 0.29) is 0 Å². The van der Waals surface area contributed by atoms with Crippen LogP contribution < -0.4 is 5.32 Å². The molecule has 3 atom stereocenters. The van der Waals surface area contributed by atoms with Crippen LogP contribution in [0.2, 0.25) is 0 Å². The molecule has 2 saturated heterocycles. The number of rotatable bonds is 2. The molecule has 0 radical (unpaired) electrons. The highest BCUT2D eigenvalue weighted by molar-refractivity contribution is 5.46. The topological polar surface area (TPSA) is 68.8 Å². The number of hydrogen-bond donors (Lipinski definition) is 1. The van der Waals surface area contributed by atoms with Gasteiger partial charge in [0.25, 0.3) is 0 Å². The highest BCUT2D eigenvalue weighted by atomic mass is 16.5. The van der Waals surface area contributed by atoms with E-state index in [1.54, 1.807) is 4.68 Å². The van der Waals surface area contributed by atoms with Gasteiger partial charge in [-0.25, -0.2) is 0 Å². The molecule has 0 aliphatic carbocycles. The Morgan fingerprint density at radius 2 is 2.39 bits per heavy atom. The molecule has 1 N–H and O–H groups in total. The molecule has 3 unspecified atom stereocenters. The van der Waals surface area contributed by atoms with Crippen LogP contribution >= 0.6 is 0 Å². The standard InChI is InChI=1S/C12H15N5O/c1-17-5-4-10(15-17)11-14-12(18-16-11)8-6-7-2-3-9(8)13-7/h4-5,7-9,13H,2-3,6H2,1H3. The second kappa shape index (κ2) is 3.65. The Morgan fingerprint density at radius 3 is 3.06 bits per heavy atom. The fourth-order valence-corrected chi connectivity index (χ4v) is 3.12. The molecule has 0 aromatic carbocycles. The summed E-state index contributed by atoms with van der Waals surface area (Å²) < 4.78 is 7.16. The lowest BCUT2D eigenvalue weighted by atomic mass is 9.89. The first-order valence-electron chi connectivity index (χ1n) is 6.39. The highest BCUT2D eigenvalue weighted by Crippen LogP contribution is 2.39. The van der Waals surface area contributed by atoms with Crippen molar-refractivity contribution in [3.05, 3.63) is 18.2 Å². The van der Waals surface area contributed by atoms with Gasteiger partial charge in [0.1, 0.15) is 5.69 Å². The molecule has 2 fully saturated rings. The summed E-state index contributed by atoms with van der Waals surface area (Å²) in [6.45, 7) is 0. The summed E-state index contributed by atoms with van der Waals surface area (Å²) in [5.74, 6) is 1.73. The Kier molecular flexibility index (Phi) is 2.08. The molecule has 2 aliphatic rings. The van der Waals surface area contributed by atoms with Gasteiger partial charge in [0.2, 0.25) is 11.7 Å². The molecule has 6 heteroatoms. The molecular formula is C12H15N5O. The van der Waals surface area contributed by atoms with Crippen LogP contribution in [0, 0.1) is 0 Å². The number of nitrogens with one attached hydrogen (secondary N) is 1. The molecule has 6 nitrogen and oxygen atoms in total. The maximum atomic E-state index is 5.41. The van der Waals surface area contributed by atoms with Crippen LogP contribution in [0.4, 0.5) is 0 Å². The number of hydrogen-bond acceptors (Lipinski definition) is 5. The van der Waals surface area contributed by atoms with E-state index in [2.05, 4.69) is 20.6 Å². The minimum Gasteiger partial charge on any atom is -0.339 e. The summed E-state index contributed by atoms with van der Waals surface area (Å²) in [6, 6.07) is 3.06. The number of nitrogens with zero attached hydrogens (tertiary/aromatic N) is 4. The van der Waals surface area contributed by atoms with E-state index in [9.17, 15) is 0 Å². The molecule has 2 aromatic rings. The average molecular weight is 245 g/mol. The molecule has 0 spiro atoms. The Morgan fingerprint density at radius 1 is 1.44 bits per heavy atom. The van der Waals surface area contributed by atoms with Crippen LogP contribution in [0.15, 0.2) is 16.8 Å². The van der Waals surface area contributed by atoms with Gasteiger partial charge in [0.15, 0.2) is 0 Å². The van der Waals surface area contributed by atoms with Gasteiger partial charge in [-0.3, -0.25) is 4.68 Å². The highest BCUT2D eigenvalue weighted by Gasteiger charge is 2.42. The molecule has 4 heterocycles. The predicted octanol–water partition coefficient (Wildman–Crippen LogP) is 1.08. The fourth-order valence-electron chi connectivity index (χ4n) is 3.12. The largest absolute Gasteiger partial charge is 0.339 e. The van der Waals surface area contributed by atoms with Gasteiger partial charge in [-0.1, -0.05) is 5.16 Å². The summed E-state index contributed by atoms with van der Waals surface area (Å²) in [4.78, 5) is 4.50. The zero-order valence-corrected chi connectivity index (χ0v) is 10.2. The minimum atomic E-state index is 0.383. The van der Waals surface area contributed by atoms with Crippen molar-refractivity contribution in [2.75, 3.05) is 0 Å². The first-order chi connectivity index (χ1) is 8.79. The number of aryl methyl sites for hydroxylation is 1. The van der Waals surface area contributed by atoms with E-state index in [0.717, 1.165) is 18.0 Å². The lowest BCUT2D eigenvalue weighted by molar-refractivity contribution is 0.329. The van der Waals surface area contributed by atoms with Gasteiger partial charge in [-0.15, -0.1) is 0 Å². The predicted molar refractivity (Wildman–Crippen MR) is 63.8 cm³/mol. The first kappa shape index (κ1) is 10.3. The summed E-state index contributed by atoms with van der Waals surface area (Å²) in [6.07, 6.45) is 5.50. The van der Waals surface area contributed by atoms with Gasteiger partial charge in [-0.05, 0) is 25.3 Å². The molecule has 18 heavy (non-hydrogen) atoms. The Labute approximate surface area is 104 Å². The zero-order chi connectivity index (χ0) is 12.1. The van der Waals surface area contributed by atoms with Crippen LogP contribution in [0.25, 0.3) is 11.5 Å². The molecule has 0 saturated carbocycles. The van der Waals surface area contributed by atoms with Crippen LogP contribution in [0.5, 0.6) is 0 Å². The summed E-state index contributed by atoms with van der Waals surface area (Å²) in [7, 11) is 1.88. The second-order valence-corrected chi connectivity index (χ2v) is 5.22. The van der Waals surface area contributed by atoms with E-state index in [1.807, 2.05) is 19.3 Å². The van der Waals surface area contributed by atoms with E-state index >= 15 is 0 Å². The Bertz CT molecular complexity index is 575. The Hall–Kier alpha value is -1.69. The summed E-state index contributed by atoms with van der Waals surface area (Å²) in [5, 5.41) is 11.9. The zero-order valence-electron chi connectivity index (χ0n) is 10.2. The second-order valence-electron chi connectivity index (χ2n) is 5.22. The Balaban J connectivity index is 1.62. The van der Waals surface area contributed by atoms with Crippen molar-refractivity contribution in [3.8, 4) is 11.5 Å². The lowest BCUT2D eigenvalue weighted by Crippen LogP contribution is -2.21. The third-order valence-corrected chi connectivity index (χ3v) is 4.00. The SMILES string of the molecule is Cn1ccc(-c2noc(C3CC4CCC3N4)n2)n1. The maximum Gasteiger partial charge on any atom is 0.231 e. The maximum absolute atomic E-state index is 5.41. The molecule has 2 bridgehead atoms. The average Bonchev–Trinajstić information content (AvgIpc) is 3.12. The smallest absolute Gasteiger partial charge is 0.231 e. The number of aromatic nitrogens is 4. The molecule has 0 amide bonds. The van der Waals surface area contributed by atoms with Crippen LogP contribution in [-0.4, -0.2) is 32.0 Å². The van der Waals surface area contributed by atoms with E-state index in [4.69, 9.17) is 4.52 Å². The molecule has 4 rings (SSSR count). The van der Waals surface area contributed by atoms with Crippen LogP contribution in [0.1, 0.15) is 31.1 Å². The van der Waals surface area contributed by atoms with Gasteiger partial charge in [0, 0.05) is 25.3 Å². The quantitative estimate of drug-likeness (QED) is 0.857. The van der Waals surface area contributed by atoms with Gasteiger partial charge >= 0.3 is 0 Å². The summed E-state index contributed by atoms with van der Waals surface area (Å²) >= 11 is 0. The molecule has 2 aromatic heterocycles.